The van der Waals surface area contributed by atoms with Crippen LogP contribution in [-0.2, 0) is 19.1 Å². The Kier molecular flexibility index (Phi) is 7.57. The van der Waals surface area contributed by atoms with Crippen LogP contribution in [0.15, 0.2) is 46.0 Å². The number of carbonyl (C=O) groups is 2. The molecule has 2 bridgehead atoms. The maximum Gasteiger partial charge on any atom is 0.338 e. The van der Waals surface area contributed by atoms with E-state index in [0.29, 0.717) is 54.7 Å². The van der Waals surface area contributed by atoms with Gasteiger partial charge in [0, 0.05) is 52.9 Å². The lowest BCUT2D eigenvalue weighted by Gasteiger charge is -2.49. The number of carboxylic acids is 1. The van der Waals surface area contributed by atoms with E-state index >= 15 is 0 Å². The van der Waals surface area contributed by atoms with Gasteiger partial charge in [0.15, 0.2) is 10.8 Å². The molecule has 196 valence electrons. The predicted octanol–water partition coefficient (Wildman–Crippen LogP) is 3.41. The van der Waals surface area contributed by atoms with Crippen LogP contribution in [-0.4, -0.2) is 71.7 Å². The number of aliphatic imine (C=N–C) groups is 1. The van der Waals surface area contributed by atoms with Gasteiger partial charge in [0.1, 0.15) is 11.9 Å². The van der Waals surface area contributed by atoms with Crippen molar-refractivity contribution in [2.75, 3.05) is 26.9 Å². The quantitative estimate of drug-likeness (QED) is 0.506. The second-order valence-electron chi connectivity index (χ2n) is 9.34. The maximum absolute atomic E-state index is 13.9. The first-order chi connectivity index (χ1) is 17.8. The van der Waals surface area contributed by atoms with Crippen molar-refractivity contribution in [1.29, 1.82) is 0 Å². The maximum atomic E-state index is 13.9. The zero-order valence-electron chi connectivity index (χ0n) is 20.0. The minimum Gasteiger partial charge on any atom is -0.481 e. The summed E-state index contributed by atoms with van der Waals surface area (Å²) in [5.74, 6) is -1.32. The molecule has 0 amide bonds. The number of thiazole rings is 1. The Morgan fingerprint density at radius 1 is 1.32 bits per heavy atom. The molecule has 0 saturated carbocycles. The summed E-state index contributed by atoms with van der Waals surface area (Å²) in [4.78, 5) is 35.9. The summed E-state index contributed by atoms with van der Waals surface area (Å²) in [7, 11) is 1.30. The summed E-state index contributed by atoms with van der Waals surface area (Å²) in [5, 5.41) is 15.2. The van der Waals surface area contributed by atoms with Crippen LogP contribution in [0.4, 0.5) is 4.39 Å². The second-order valence-corrected chi connectivity index (χ2v) is 10.6. The average Bonchev–Trinajstić information content (AvgIpc) is 3.38. The number of amidine groups is 1. The fraction of sp³-hybridized carbons (Fsp3) is 0.440. The van der Waals surface area contributed by atoms with Gasteiger partial charge in [-0.15, -0.1) is 11.3 Å². The van der Waals surface area contributed by atoms with Crippen molar-refractivity contribution in [2.45, 2.75) is 37.4 Å². The molecule has 3 aliphatic rings. The number of nitrogens with zero attached hydrogens (tertiary/aromatic N) is 3. The van der Waals surface area contributed by atoms with Crippen molar-refractivity contribution in [3.8, 4) is 0 Å². The summed E-state index contributed by atoms with van der Waals surface area (Å²) in [6.07, 6.45) is 3.16. The van der Waals surface area contributed by atoms with Crippen molar-refractivity contribution < 1.29 is 28.6 Å². The number of nitrogens with one attached hydrogen (secondary N) is 1. The van der Waals surface area contributed by atoms with Gasteiger partial charge in [-0.25, -0.2) is 14.2 Å². The van der Waals surface area contributed by atoms with E-state index in [-0.39, 0.29) is 35.0 Å². The van der Waals surface area contributed by atoms with Gasteiger partial charge >= 0.3 is 11.9 Å². The van der Waals surface area contributed by atoms with Crippen LogP contribution in [0.2, 0.25) is 5.02 Å². The van der Waals surface area contributed by atoms with Crippen LogP contribution in [0.1, 0.15) is 35.9 Å². The van der Waals surface area contributed by atoms with E-state index in [1.54, 1.807) is 6.20 Å². The van der Waals surface area contributed by atoms with Gasteiger partial charge in [-0.2, -0.15) is 0 Å². The number of esters is 1. The summed E-state index contributed by atoms with van der Waals surface area (Å²) in [5.41, 5.74) is 1.34. The second kappa shape index (κ2) is 10.9. The molecule has 3 unspecified atom stereocenters. The molecule has 2 aromatic rings. The number of rotatable bonds is 7. The molecule has 12 heteroatoms. The van der Waals surface area contributed by atoms with Gasteiger partial charge < -0.3 is 19.9 Å². The summed E-state index contributed by atoms with van der Waals surface area (Å²) >= 11 is 7.83. The van der Waals surface area contributed by atoms with Crippen molar-refractivity contribution in [2.24, 2.45) is 10.9 Å². The highest BCUT2D eigenvalue weighted by atomic mass is 35.5. The SMILES string of the molecule is COC(=O)C1=C(CN2C3COC[C@H]2CC(CC(=O)O)C3)NC(c2nccs2)=NC1c1ccc(F)cc1Cl. The van der Waals surface area contributed by atoms with Crippen molar-refractivity contribution in [3.05, 3.63) is 62.5 Å². The van der Waals surface area contributed by atoms with E-state index < -0.39 is 23.8 Å². The first-order valence-electron chi connectivity index (χ1n) is 11.9. The first-order valence-corrected chi connectivity index (χ1v) is 13.2. The number of ether oxygens (including phenoxy) is 2. The molecule has 2 N–H and O–H groups in total. The first kappa shape index (κ1) is 25.8. The lowest BCUT2D eigenvalue weighted by atomic mass is 9.82. The van der Waals surface area contributed by atoms with Gasteiger partial charge in [-0.1, -0.05) is 17.7 Å². The van der Waals surface area contributed by atoms with Crippen molar-refractivity contribution in [1.82, 2.24) is 15.2 Å². The summed E-state index contributed by atoms with van der Waals surface area (Å²) in [6, 6.07) is 3.17. The van der Waals surface area contributed by atoms with Crippen LogP contribution >= 0.6 is 22.9 Å². The number of hydrogen-bond donors (Lipinski definition) is 2. The van der Waals surface area contributed by atoms with Crippen molar-refractivity contribution >= 4 is 40.7 Å². The molecule has 9 nitrogen and oxygen atoms in total. The number of fused-ring (bicyclic) bond motifs is 2. The highest BCUT2D eigenvalue weighted by molar-refractivity contribution is 7.11. The molecule has 4 heterocycles. The van der Waals surface area contributed by atoms with E-state index in [2.05, 4.69) is 15.2 Å². The lowest BCUT2D eigenvalue weighted by molar-refractivity contribution is -0.141. The molecule has 0 spiro atoms. The van der Waals surface area contributed by atoms with Crippen LogP contribution < -0.4 is 5.32 Å². The highest BCUT2D eigenvalue weighted by Crippen LogP contribution is 2.39. The third-order valence-corrected chi connectivity index (χ3v) is 8.10. The molecule has 0 aliphatic carbocycles. The number of halogens is 2. The molecule has 4 atom stereocenters. The zero-order valence-corrected chi connectivity index (χ0v) is 21.6. The van der Waals surface area contributed by atoms with Gasteiger partial charge in [-0.05, 0) is 30.9 Å². The Morgan fingerprint density at radius 3 is 2.70 bits per heavy atom. The minimum atomic E-state index is -0.837. The minimum absolute atomic E-state index is 0.0000779. The Bertz CT molecular complexity index is 1240. The molecule has 37 heavy (non-hydrogen) atoms. The Balaban J connectivity index is 1.55. The highest BCUT2D eigenvalue weighted by Gasteiger charge is 2.42. The lowest BCUT2D eigenvalue weighted by Crippen LogP contribution is -2.58. The van der Waals surface area contributed by atoms with E-state index in [9.17, 15) is 19.1 Å². The largest absolute Gasteiger partial charge is 0.481 e. The van der Waals surface area contributed by atoms with E-state index in [4.69, 9.17) is 26.1 Å². The molecule has 2 fully saturated rings. The molecular weight excluding hydrogens is 523 g/mol. The monoisotopic (exact) mass is 548 g/mol. The van der Waals surface area contributed by atoms with Crippen LogP contribution in [0.3, 0.4) is 0 Å². The standard InChI is InChI=1S/C25H26ClFN4O5S/c1-35-25(34)21-19(10-31-15-6-13(8-20(32)33)7-16(31)12-36-11-15)29-23(24-28-4-5-37-24)30-22(21)17-3-2-14(27)9-18(17)26/h2-5,9,13,15-16,22H,6-8,10-12H2,1H3,(H,29,30)(H,32,33)/t13?,15-,16?,22?/m1/s1. The number of methoxy groups -OCH3 is 1. The molecule has 1 aromatic heterocycles. The Labute approximate surface area is 221 Å². The fourth-order valence-corrected chi connectivity index (χ4v) is 6.28. The fourth-order valence-electron chi connectivity index (χ4n) is 5.42. The van der Waals surface area contributed by atoms with Crippen LogP contribution in [0.25, 0.3) is 0 Å². The number of aliphatic carboxylic acids is 1. The van der Waals surface area contributed by atoms with Crippen LogP contribution in [0, 0.1) is 11.7 Å². The Morgan fingerprint density at radius 2 is 2.08 bits per heavy atom. The van der Waals surface area contributed by atoms with Gasteiger partial charge in [0.05, 0.1) is 25.9 Å². The zero-order chi connectivity index (χ0) is 26.1. The third kappa shape index (κ3) is 5.40. The van der Waals surface area contributed by atoms with Gasteiger partial charge in [-0.3, -0.25) is 14.7 Å². The molecule has 2 saturated heterocycles. The van der Waals surface area contributed by atoms with Gasteiger partial charge in [0.2, 0.25) is 0 Å². The molecule has 5 rings (SSSR count). The van der Waals surface area contributed by atoms with E-state index in [1.165, 1.54) is 36.6 Å². The number of morpholine rings is 1. The van der Waals surface area contributed by atoms with E-state index in [1.807, 2.05) is 5.38 Å². The van der Waals surface area contributed by atoms with Crippen LogP contribution in [0.5, 0.6) is 0 Å². The molecule has 1 aromatic carbocycles. The summed E-state index contributed by atoms with van der Waals surface area (Å²) in [6.45, 7) is 1.32. The van der Waals surface area contributed by atoms with E-state index in [0.717, 1.165) is 0 Å². The molecular formula is C25H26ClFN4O5S. The normalized spacial score (nSPS) is 25.9. The third-order valence-electron chi connectivity index (χ3n) is 7.00. The number of aromatic nitrogens is 1. The van der Waals surface area contributed by atoms with Gasteiger partial charge in [0.25, 0.3) is 0 Å². The van der Waals surface area contributed by atoms with Crippen molar-refractivity contribution in [3.63, 3.8) is 0 Å². The number of hydrogen-bond acceptors (Lipinski definition) is 9. The molecule has 0 radical (unpaired) electrons. The number of carbonyl (C=O) groups excluding carboxylic acids is 1. The number of benzene rings is 1. The Hall–Kier alpha value is -2.86. The topological polar surface area (TPSA) is 113 Å². The molecule has 3 aliphatic heterocycles. The summed E-state index contributed by atoms with van der Waals surface area (Å²) < 4.78 is 24.8. The average molecular weight is 549 g/mol. The number of piperidine rings is 1. The number of carboxylic acid groups (broad SMARTS) is 1. The predicted molar refractivity (Wildman–Crippen MR) is 135 cm³/mol. The smallest absolute Gasteiger partial charge is 0.338 e.